The number of carbonyl (C=O) groups excluding carboxylic acids is 2. The minimum atomic E-state index is -4.64. The smallest absolute Gasteiger partial charge is 0.306 e. The summed E-state index contributed by atoms with van der Waals surface area (Å²) in [6, 6.07) is 0. The third-order valence-corrected chi connectivity index (χ3v) is 12.2. The lowest BCUT2D eigenvalue weighted by atomic mass is 10.0. The van der Waals surface area contributed by atoms with E-state index in [2.05, 4.69) is 86.8 Å². The Hall–Kier alpha value is -2.55. The van der Waals surface area contributed by atoms with Crippen LogP contribution in [0.5, 0.6) is 0 Å². The summed E-state index contributed by atoms with van der Waals surface area (Å²) in [5.74, 6) is -0.860. The van der Waals surface area contributed by atoms with Crippen LogP contribution in [0.4, 0.5) is 0 Å². The van der Waals surface area contributed by atoms with Crippen molar-refractivity contribution in [1.29, 1.82) is 0 Å². The van der Waals surface area contributed by atoms with E-state index in [4.69, 9.17) is 18.5 Å². The van der Waals surface area contributed by atoms with Crippen LogP contribution in [0.3, 0.4) is 0 Å². The van der Waals surface area contributed by atoms with E-state index in [-0.39, 0.29) is 32.0 Å². The quantitative estimate of drug-likeness (QED) is 0.0195. The Bertz CT molecular complexity index is 1350. The van der Waals surface area contributed by atoms with Crippen LogP contribution in [0.25, 0.3) is 0 Å². The predicted octanol–water partition coefficient (Wildman–Crippen LogP) is 15.5. The average Bonchev–Trinajstić information content (AvgIpc) is 3.27. The highest BCUT2D eigenvalue weighted by molar-refractivity contribution is 7.45. The number of nitrogens with zero attached hydrogens (tertiary/aromatic N) is 1. The number of quaternary nitrogens is 1. The average molecular weight is 946 g/mol. The number of phosphoric acid groups is 1. The molecule has 2 atom stereocenters. The molecule has 0 N–H and O–H groups in total. The molecule has 66 heavy (non-hydrogen) atoms. The molecule has 0 spiro atoms. The molecule has 0 radical (unpaired) electrons. The molecule has 0 saturated carbocycles. The summed E-state index contributed by atoms with van der Waals surface area (Å²) in [5.41, 5.74) is 0. The fourth-order valence-electron chi connectivity index (χ4n) is 7.13. The normalized spacial score (nSPS) is 14.0. The van der Waals surface area contributed by atoms with Crippen LogP contribution < -0.4 is 4.89 Å². The lowest BCUT2D eigenvalue weighted by Gasteiger charge is -2.28. The summed E-state index contributed by atoms with van der Waals surface area (Å²) in [5, 5.41) is 0. The molecular weight excluding hydrogens is 846 g/mol. The molecule has 0 fully saturated rings. The number of hydrogen-bond donors (Lipinski definition) is 0. The predicted molar refractivity (Wildman–Crippen MR) is 277 cm³/mol. The molecule has 10 heteroatoms. The van der Waals surface area contributed by atoms with E-state index in [9.17, 15) is 19.0 Å². The first-order chi connectivity index (χ1) is 32.0. The molecule has 2 unspecified atom stereocenters. The largest absolute Gasteiger partial charge is 0.756 e. The maximum atomic E-state index is 12.8. The van der Waals surface area contributed by atoms with Crippen LogP contribution in [0.2, 0.25) is 0 Å². The summed E-state index contributed by atoms with van der Waals surface area (Å²) in [6.07, 6.45) is 60.8. The Morgan fingerprint density at radius 1 is 0.485 bits per heavy atom. The number of phosphoric ester groups is 1. The van der Waals surface area contributed by atoms with Gasteiger partial charge in [0.15, 0.2) is 6.10 Å². The number of esters is 2. The van der Waals surface area contributed by atoms with Crippen LogP contribution in [0, 0.1) is 0 Å². The zero-order chi connectivity index (χ0) is 48.5. The van der Waals surface area contributed by atoms with Gasteiger partial charge in [0.1, 0.15) is 19.8 Å². The minimum absolute atomic E-state index is 0.0384. The number of carbonyl (C=O) groups is 2. The van der Waals surface area contributed by atoms with Gasteiger partial charge in [-0.15, -0.1) is 0 Å². The third kappa shape index (κ3) is 50.9. The van der Waals surface area contributed by atoms with Gasteiger partial charge in [0.2, 0.25) is 0 Å². The Balaban J connectivity index is 4.30. The molecule has 0 saturated heterocycles. The van der Waals surface area contributed by atoms with Crippen molar-refractivity contribution in [2.45, 2.75) is 225 Å². The number of hydrogen-bond acceptors (Lipinski definition) is 8. The molecule has 0 aliphatic carbocycles. The van der Waals surface area contributed by atoms with Crippen molar-refractivity contribution in [1.82, 2.24) is 0 Å². The van der Waals surface area contributed by atoms with Crippen molar-refractivity contribution in [3.8, 4) is 0 Å². The van der Waals surface area contributed by atoms with E-state index in [1.165, 1.54) is 103 Å². The van der Waals surface area contributed by atoms with Crippen LogP contribution in [-0.2, 0) is 32.7 Å². The zero-order valence-corrected chi connectivity index (χ0v) is 44.0. The van der Waals surface area contributed by atoms with E-state index in [0.29, 0.717) is 17.4 Å². The van der Waals surface area contributed by atoms with Gasteiger partial charge >= 0.3 is 11.9 Å². The van der Waals surface area contributed by atoms with Gasteiger partial charge in [-0.05, 0) is 64.2 Å². The first-order valence-electron chi connectivity index (χ1n) is 26.6. The van der Waals surface area contributed by atoms with Gasteiger partial charge in [-0.1, -0.05) is 215 Å². The van der Waals surface area contributed by atoms with Gasteiger partial charge in [-0.2, -0.15) is 0 Å². The van der Waals surface area contributed by atoms with E-state index in [1.54, 1.807) is 0 Å². The fourth-order valence-corrected chi connectivity index (χ4v) is 7.86. The van der Waals surface area contributed by atoms with Crippen molar-refractivity contribution in [3.63, 3.8) is 0 Å². The lowest BCUT2D eigenvalue weighted by molar-refractivity contribution is -0.870. The van der Waals surface area contributed by atoms with Crippen LogP contribution >= 0.6 is 7.82 Å². The van der Waals surface area contributed by atoms with Gasteiger partial charge in [-0.3, -0.25) is 14.2 Å². The van der Waals surface area contributed by atoms with Gasteiger partial charge in [0, 0.05) is 12.8 Å². The maximum Gasteiger partial charge on any atom is 0.306 e. The molecule has 0 amide bonds. The molecule has 0 bridgehead atoms. The number of unbranched alkanes of at least 4 members (excludes halogenated alkanes) is 22. The first kappa shape index (κ1) is 63.5. The maximum absolute atomic E-state index is 12.8. The van der Waals surface area contributed by atoms with Crippen molar-refractivity contribution < 1.29 is 42.1 Å². The van der Waals surface area contributed by atoms with Crippen LogP contribution in [0.1, 0.15) is 219 Å². The summed E-state index contributed by atoms with van der Waals surface area (Å²) < 4.78 is 34.1. The molecule has 382 valence electrons. The van der Waals surface area contributed by atoms with Gasteiger partial charge in [-0.25, -0.2) is 0 Å². The minimum Gasteiger partial charge on any atom is -0.756 e. The second kappa shape index (κ2) is 47.5. The Morgan fingerprint density at radius 3 is 1.29 bits per heavy atom. The van der Waals surface area contributed by atoms with Crippen molar-refractivity contribution in [3.05, 3.63) is 72.9 Å². The van der Waals surface area contributed by atoms with E-state index in [0.717, 1.165) is 83.5 Å². The topological polar surface area (TPSA) is 111 Å². The van der Waals surface area contributed by atoms with Crippen molar-refractivity contribution in [2.24, 2.45) is 0 Å². The first-order valence-corrected chi connectivity index (χ1v) is 28.1. The molecule has 0 rings (SSSR count). The van der Waals surface area contributed by atoms with E-state index >= 15 is 0 Å². The van der Waals surface area contributed by atoms with Gasteiger partial charge < -0.3 is 27.9 Å². The van der Waals surface area contributed by atoms with Crippen LogP contribution in [0.15, 0.2) is 72.9 Å². The Morgan fingerprint density at radius 2 is 0.864 bits per heavy atom. The van der Waals surface area contributed by atoms with Gasteiger partial charge in [0.25, 0.3) is 7.82 Å². The number of likely N-dealkylation sites (N-methyl/N-ethyl adjacent to an activating group) is 1. The second-order valence-electron chi connectivity index (χ2n) is 18.9. The zero-order valence-electron chi connectivity index (χ0n) is 43.1. The number of rotatable bonds is 48. The Kier molecular flexibility index (Phi) is 45.7. The van der Waals surface area contributed by atoms with Crippen molar-refractivity contribution in [2.75, 3.05) is 47.5 Å². The van der Waals surface area contributed by atoms with Gasteiger partial charge in [0.05, 0.1) is 27.7 Å². The molecule has 9 nitrogen and oxygen atoms in total. The fraction of sp³-hybridized carbons (Fsp3) is 0.750. The molecule has 0 aromatic carbocycles. The highest BCUT2D eigenvalue weighted by atomic mass is 31.2. The summed E-state index contributed by atoms with van der Waals surface area (Å²) in [6.45, 7) is 4.11. The monoisotopic (exact) mass is 946 g/mol. The summed E-state index contributed by atoms with van der Waals surface area (Å²) in [7, 11) is 1.14. The lowest BCUT2D eigenvalue weighted by Crippen LogP contribution is -2.37. The summed E-state index contributed by atoms with van der Waals surface area (Å²) in [4.78, 5) is 37.8. The van der Waals surface area contributed by atoms with Crippen molar-refractivity contribution >= 4 is 19.8 Å². The highest BCUT2D eigenvalue weighted by Crippen LogP contribution is 2.38. The second-order valence-corrected chi connectivity index (χ2v) is 20.3. The SMILES string of the molecule is CC/C=C\C/C=C\C/C=C\C/C=C\C/C=C\C/C=C\CCCCCCC(=O)OC(COC(=O)CCCCCCCCCCCCCCCCCCCCC)COP(=O)([O-])OCC[N+](C)(C)C. The van der Waals surface area contributed by atoms with Crippen LogP contribution in [-0.4, -0.2) is 70.0 Å². The molecule has 0 aliphatic rings. The Labute approximate surface area is 406 Å². The molecule has 0 heterocycles. The molecule has 0 aliphatic heterocycles. The summed E-state index contributed by atoms with van der Waals surface area (Å²) >= 11 is 0. The standard InChI is InChI=1S/C56H100NO8P/c1-6-8-10-12-14-16-18-20-22-24-26-27-28-29-31-33-35-37-39-41-43-45-47-49-56(59)65-54(53-64-66(60,61)63-51-50-57(3,4)5)52-62-55(58)48-46-44-42-40-38-36-34-32-30-25-23-21-19-17-15-13-11-9-7-2/h8,10,14,16,20,22,26-27,29,31,35,37,54H,6-7,9,11-13,15,17-19,21,23-25,28,30,32-34,36,38-53H2,1-5H3/b10-8-,16-14-,22-20-,27-26-,31-29-,37-35-. The van der Waals surface area contributed by atoms with E-state index in [1.807, 2.05) is 21.1 Å². The number of allylic oxidation sites excluding steroid dienone is 12. The molecule has 0 aromatic heterocycles. The third-order valence-electron chi connectivity index (χ3n) is 11.2. The number of ether oxygens (including phenoxy) is 2. The highest BCUT2D eigenvalue weighted by Gasteiger charge is 2.21. The van der Waals surface area contributed by atoms with E-state index < -0.39 is 26.5 Å². The molecular formula is C56H100NO8P. The molecule has 0 aromatic rings.